The van der Waals surface area contributed by atoms with E-state index in [0.29, 0.717) is 36.4 Å². The van der Waals surface area contributed by atoms with Crippen molar-refractivity contribution in [3.63, 3.8) is 0 Å². The normalized spacial score (nSPS) is 10.6. The van der Waals surface area contributed by atoms with E-state index in [0.717, 1.165) is 20.9 Å². The summed E-state index contributed by atoms with van der Waals surface area (Å²) in [6, 6.07) is 13.1. The highest BCUT2D eigenvalue weighted by atomic mass is 79.9. The van der Waals surface area contributed by atoms with Crippen LogP contribution >= 0.6 is 15.9 Å². The molecule has 0 bridgehead atoms. The number of carbonyl (C=O) groups excluding carboxylic acids is 2. The second-order valence-electron chi connectivity index (χ2n) is 6.55. The van der Waals surface area contributed by atoms with Gasteiger partial charge in [-0.1, -0.05) is 24.3 Å². The monoisotopic (exact) mass is 455 g/mol. The van der Waals surface area contributed by atoms with Crippen LogP contribution in [0.5, 0.6) is 5.75 Å². The van der Waals surface area contributed by atoms with Crippen molar-refractivity contribution in [1.82, 2.24) is 15.6 Å². The molecule has 0 fully saturated rings. The summed E-state index contributed by atoms with van der Waals surface area (Å²) in [4.78, 5) is 28.8. The van der Waals surface area contributed by atoms with Crippen LogP contribution in [0.15, 0.2) is 53.1 Å². The first-order valence-electron chi connectivity index (χ1n) is 9.25. The van der Waals surface area contributed by atoms with Crippen LogP contribution in [0.3, 0.4) is 0 Å². The molecule has 0 saturated carbocycles. The number of aromatic nitrogens is 1. The summed E-state index contributed by atoms with van der Waals surface area (Å²) < 4.78 is 6.20. The third-order valence-electron chi connectivity index (χ3n) is 4.49. The molecule has 0 aliphatic carbocycles. The molecule has 3 aromatic rings. The molecule has 0 atom stereocenters. The van der Waals surface area contributed by atoms with Crippen molar-refractivity contribution in [2.45, 2.75) is 13.3 Å². The average Bonchev–Trinajstić information content (AvgIpc) is 2.73. The summed E-state index contributed by atoms with van der Waals surface area (Å²) in [6.07, 6.45) is 2.16. The molecule has 1 heterocycles. The van der Waals surface area contributed by atoms with Crippen LogP contribution in [-0.2, 0) is 0 Å². The van der Waals surface area contributed by atoms with E-state index in [2.05, 4.69) is 31.5 Å². The Labute approximate surface area is 177 Å². The molecule has 1 aromatic heterocycles. The quantitative estimate of drug-likeness (QED) is 0.530. The lowest BCUT2D eigenvalue weighted by Crippen LogP contribution is -2.30. The third-order valence-corrected chi connectivity index (χ3v) is 5.28. The summed E-state index contributed by atoms with van der Waals surface area (Å²) in [5.74, 6) is 0.104. The average molecular weight is 456 g/mol. The van der Waals surface area contributed by atoms with Crippen LogP contribution in [-0.4, -0.2) is 37.0 Å². The number of ether oxygens (including phenoxy) is 1. The van der Waals surface area contributed by atoms with E-state index in [9.17, 15) is 9.59 Å². The van der Waals surface area contributed by atoms with Crippen molar-refractivity contribution in [1.29, 1.82) is 0 Å². The topological polar surface area (TPSA) is 80.3 Å². The number of hydrogen-bond donors (Lipinski definition) is 2. The fourth-order valence-corrected chi connectivity index (χ4v) is 3.68. The van der Waals surface area contributed by atoms with Gasteiger partial charge in [-0.15, -0.1) is 0 Å². The largest absolute Gasteiger partial charge is 0.495 e. The van der Waals surface area contributed by atoms with Crippen LogP contribution in [0.1, 0.15) is 32.8 Å². The van der Waals surface area contributed by atoms with Gasteiger partial charge in [0.1, 0.15) is 5.75 Å². The Morgan fingerprint density at radius 1 is 1.07 bits per heavy atom. The highest BCUT2D eigenvalue weighted by molar-refractivity contribution is 9.10. The van der Waals surface area contributed by atoms with Crippen molar-refractivity contribution < 1.29 is 14.3 Å². The first-order chi connectivity index (χ1) is 14.0. The maximum atomic E-state index is 12.7. The standard InChI is InChI=1S/C22H22BrN3O3/c1-14-8-9-16(13-26-14)21(27)24-10-5-11-25-22(28)18-12-15-6-3-4-7-17(15)19(23)20(18)29-2/h3-4,6-9,12-13H,5,10-11H2,1-2H3,(H,24,27)(H,25,28). The highest BCUT2D eigenvalue weighted by Crippen LogP contribution is 2.36. The lowest BCUT2D eigenvalue weighted by atomic mass is 10.1. The van der Waals surface area contributed by atoms with Gasteiger partial charge >= 0.3 is 0 Å². The Morgan fingerprint density at radius 3 is 2.48 bits per heavy atom. The Bertz CT molecular complexity index is 1040. The summed E-state index contributed by atoms with van der Waals surface area (Å²) in [6.45, 7) is 2.75. The summed E-state index contributed by atoms with van der Waals surface area (Å²) in [5.41, 5.74) is 1.85. The molecule has 150 valence electrons. The SMILES string of the molecule is COc1c(C(=O)NCCCNC(=O)c2ccc(C)nc2)cc2ccccc2c1Br. The van der Waals surface area contributed by atoms with E-state index in [1.54, 1.807) is 25.4 Å². The van der Waals surface area contributed by atoms with E-state index in [1.165, 1.54) is 0 Å². The Hall–Kier alpha value is -2.93. The molecule has 6 nitrogen and oxygen atoms in total. The van der Waals surface area contributed by atoms with Gasteiger partial charge in [0, 0.05) is 25.0 Å². The molecule has 0 aliphatic rings. The number of fused-ring (bicyclic) bond motifs is 1. The van der Waals surface area contributed by atoms with Crippen molar-refractivity contribution >= 4 is 38.5 Å². The van der Waals surface area contributed by atoms with Crippen LogP contribution in [0, 0.1) is 6.92 Å². The number of methoxy groups -OCH3 is 1. The number of rotatable bonds is 7. The van der Waals surface area contributed by atoms with Gasteiger partial charge in [-0.3, -0.25) is 14.6 Å². The predicted octanol–water partition coefficient (Wildman–Crippen LogP) is 3.86. The minimum Gasteiger partial charge on any atom is -0.495 e. The van der Waals surface area contributed by atoms with E-state index in [1.807, 2.05) is 37.3 Å². The second-order valence-corrected chi connectivity index (χ2v) is 7.34. The minimum atomic E-state index is -0.220. The van der Waals surface area contributed by atoms with Crippen LogP contribution in [0.25, 0.3) is 10.8 Å². The number of aryl methyl sites for hydroxylation is 1. The molecule has 0 aliphatic heterocycles. The zero-order valence-corrected chi connectivity index (χ0v) is 17.9. The first kappa shape index (κ1) is 20.8. The molecule has 2 amide bonds. The van der Waals surface area contributed by atoms with Gasteiger partial charge in [-0.05, 0) is 58.2 Å². The maximum absolute atomic E-state index is 12.7. The number of halogens is 1. The molecule has 0 unspecified atom stereocenters. The van der Waals surface area contributed by atoms with E-state index < -0.39 is 0 Å². The van der Waals surface area contributed by atoms with Crippen LogP contribution < -0.4 is 15.4 Å². The Morgan fingerprint density at radius 2 is 1.79 bits per heavy atom. The van der Waals surface area contributed by atoms with Gasteiger partial charge in [-0.2, -0.15) is 0 Å². The molecular formula is C22H22BrN3O3. The maximum Gasteiger partial charge on any atom is 0.255 e. The van der Waals surface area contributed by atoms with Gasteiger partial charge in [0.2, 0.25) is 0 Å². The summed E-state index contributed by atoms with van der Waals surface area (Å²) >= 11 is 3.54. The molecule has 0 saturated heterocycles. The summed E-state index contributed by atoms with van der Waals surface area (Å²) in [5, 5.41) is 7.64. The molecule has 0 radical (unpaired) electrons. The molecule has 2 N–H and O–H groups in total. The van der Waals surface area contributed by atoms with Crippen molar-refractivity contribution in [3.8, 4) is 5.75 Å². The van der Waals surface area contributed by atoms with E-state index in [-0.39, 0.29) is 11.8 Å². The smallest absolute Gasteiger partial charge is 0.255 e. The van der Waals surface area contributed by atoms with E-state index in [4.69, 9.17) is 4.74 Å². The fraction of sp³-hybridized carbons (Fsp3) is 0.227. The zero-order chi connectivity index (χ0) is 20.8. The molecular weight excluding hydrogens is 434 g/mol. The van der Waals surface area contributed by atoms with Gasteiger partial charge in [0.15, 0.2) is 0 Å². The van der Waals surface area contributed by atoms with Crippen molar-refractivity contribution in [3.05, 3.63) is 70.0 Å². The second kappa shape index (κ2) is 9.52. The van der Waals surface area contributed by atoms with Crippen LogP contribution in [0.2, 0.25) is 0 Å². The number of carbonyl (C=O) groups is 2. The molecule has 3 rings (SSSR count). The number of benzene rings is 2. The van der Waals surface area contributed by atoms with Gasteiger partial charge in [0.25, 0.3) is 11.8 Å². The highest BCUT2D eigenvalue weighted by Gasteiger charge is 2.17. The Kier molecular flexibility index (Phi) is 6.82. The van der Waals surface area contributed by atoms with E-state index >= 15 is 0 Å². The first-order valence-corrected chi connectivity index (χ1v) is 10.0. The predicted molar refractivity (Wildman–Crippen MR) is 116 cm³/mol. The lowest BCUT2D eigenvalue weighted by molar-refractivity contribution is 0.0949. The minimum absolute atomic E-state index is 0.177. The Balaban J connectivity index is 1.56. The number of amides is 2. The zero-order valence-electron chi connectivity index (χ0n) is 16.3. The molecule has 2 aromatic carbocycles. The van der Waals surface area contributed by atoms with Gasteiger partial charge in [0.05, 0.1) is 22.7 Å². The number of pyridine rings is 1. The van der Waals surface area contributed by atoms with Crippen molar-refractivity contribution in [2.24, 2.45) is 0 Å². The molecule has 0 spiro atoms. The molecule has 7 heteroatoms. The fourth-order valence-electron chi connectivity index (χ4n) is 2.94. The van der Waals surface area contributed by atoms with Crippen molar-refractivity contribution in [2.75, 3.05) is 20.2 Å². The van der Waals surface area contributed by atoms with Crippen LogP contribution in [0.4, 0.5) is 0 Å². The van der Waals surface area contributed by atoms with Gasteiger partial charge in [-0.25, -0.2) is 0 Å². The number of nitrogens with zero attached hydrogens (tertiary/aromatic N) is 1. The number of hydrogen-bond acceptors (Lipinski definition) is 4. The molecule has 29 heavy (non-hydrogen) atoms. The number of nitrogens with one attached hydrogen (secondary N) is 2. The van der Waals surface area contributed by atoms with Gasteiger partial charge < -0.3 is 15.4 Å². The lowest BCUT2D eigenvalue weighted by Gasteiger charge is -2.13. The third kappa shape index (κ3) is 4.92. The summed E-state index contributed by atoms with van der Waals surface area (Å²) in [7, 11) is 1.54.